The molecular formula is C13H27N3O. The molecule has 0 aromatic heterocycles. The van der Waals surface area contributed by atoms with Crippen molar-refractivity contribution in [1.82, 2.24) is 9.80 Å². The van der Waals surface area contributed by atoms with E-state index in [1.165, 1.54) is 12.8 Å². The molecule has 2 N–H and O–H groups in total. The lowest BCUT2D eigenvalue weighted by atomic mass is 10.00. The number of nitrogens with two attached hydrogens (primary N) is 1. The number of nitrogens with zero attached hydrogens (tertiary/aromatic N) is 2. The standard InChI is InChI=1S/C13H27N3O/c1-3-12-7-4-5-10-16(12)13(17)11-15(2)9-6-8-14/h12H,3-11,14H2,1-2H3. The van der Waals surface area contributed by atoms with Gasteiger partial charge in [0.25, 0.3) is 0 Å². The van der Waals surface area contributed by atoms with Gasteiger partial charge in [0.1, 0.15) is 0 Å². The summed E-state index contributed by atoms with van der Waals surface area (Å²) in [5.41, 5.74) is 5.47. The van der Waals surface area contributed by atoms with E-state index in [2.05, 4.69) is 16.7 Å². The van der Waals surface area contributed by atoms with E-state index in [0.29, 0.717) is 19.1 Å². The minimum atomic E-state index is 0.288. The number of amides is 1. The molecule has 0 bridgehead atoms. The van der Waals surface area contributed by atoms with Crippen molar-refractivity contribution >= 4 is 5.91 Å². The van der Waals surface area contributed by atoms with Gasteiger partial charge in [-0.25, -0.2) is 0 Å². The molecule has 17 heavy (non-hydrogen) atoms. The molecule has 0 aliphatic carbocycles. The van der Waals surface area contributed by atoms with E-state index in [4.69, 9.17) is 5.73 Å². The first-order valence-electron chi connectivity index (χ1n) is 6.87. The fourth-order valence-corrected chi connectivity index (χ4v) is 2.52. The van der Waals surface area contributed by atoms with Crippen LogP contribution in [0.4, 0.5) is 0 Å². The van der Waals surface area contributed by atoms with E-state index in [-0.39, 0.29) is 5.91 Å². The van der Waals surface area contributed by atoms with Gasteiger partial charge < -0.3 is 10.6 Å². The summed E-state index contributed by atoms with van der Waals surface area (Å²) in [7, 11) is 2.00. The van der Waals surface area contributed by atoms with Gasteiger partial charge in [0.05, 0.1) is 6.54 Å². The maximum atomic E-state index is 12.2. The third-order valence-corrected chi connectivity index (χ3v) is 3.57. The van der Waals surface area contributed by atoms with Crippen LogP contribution in [0.2, 0.25) is 0 Å². The number of carbonyl (C=O) groups excluding carboxylic acids is 1. The molecule has 1 unspecified atom stereocenters. The smallest absolute Gasteiger partial charge is 0.236 e. The lowest BCUT2D eigenvalue weighted by Gasteiger charge is -2.36. The topological polar surface area (TPSA) is 49.6 Å². The highest BCUT2D eigenvalue weighted by Gasteiger charge is 2.25. The second kappa shape index (κ2) is 7.67. The lowest BCUT2D eigenvalue weighted by Crippen LogP contribution is -2.47. The Morgan fingerprint density at radius 2 is 2.24 bits per heavy atom. The fraction of sp³-hybridized carbons (Fsp3) is 0.923. The maximum absolute atomic E-state index is 12.2. The van der Waals surface area contributed by atoms with Crippen molar-refractivity contribution in [3.63, 3.8) is 0 Å². The van der Waals surface area contributed by atoms with Crippen molar-refractivity contribution in [1.29, 1.82) is 0 Å². The first-order chi connectivity index (χ1) is 8.19. The Morgan fingerprint density at radius 3 is 2.88 bits per heavy atom. The van der Waals surface area contributed by atoms with E-state index >= 15 is 0 Å². The summed E-state index contributed by atoms with van der Waals surface area (Å²) >= 11 is 0. The minimum absolute atomic E-state index is 0.288. The molecular weight excluding hydrogens is 214 g/mol. The average Bonchev–Trinajstić information content (AvgIpc) is 2.36. The van der Waals surface area contributed by atoms with Crippen LogP contribution in [0.25, 0.3) is 0 Å². The van der Waals surface area contributed by atoms with Gasteiger partial charge in [0.15, 0.2) is 0 Å². The van der Waals surface area contributed by atoms with Gasteiger partial charge in [-0.1, -0.05) is 6.92 Å². The van der Waals surface area contributed by atoms with Crippen molar-refractivity contribution in [2.45, 2.75) is 45.1 Å². The predicted molar refractivity (Wildman–Crippen MR) is 70.8 cm³/mol. The fourth-order valence-electron chi connectivity index (χ4n) is 2.52. The lowest BCUT2D eigenvalue weighted by molar-refractivity contribution is -0.135. The Kier molecular flexibility index (Phi) is 6.52. The summed E-state index contributed by atoms with van der Waals surface area (Å²) < 4.78 is 0. The van der Waals surface area contributed by atoms with Gasteiger partial charge >= 0.3 is 0 Å². The highest BCUT2D eigenvalue weighted by molar-refractivity contribution is 5.78. The Labute approximate surface area is 105 Å². The minimum Gasteiger partial charge on any atom is -0.339 e. The molecule has 1 rings (SSSR count). The van der Waals surface area contributed by atoms with Gasteiger partial charge in [0.2, 0.25) is 5.91 Å². The zero-order valence-electron chi connectivity index (χ0n) is 11.3. The number of hydrogen-bond donors (Lipinski definition) is 1. The average molecular weight is 241 g/mol. The largest absolute Gasteiger partial charge is 0.339 e. The van der Waals surface area contributed by atoms with E-state index in [0.717, 1.165) is 32.4 Å². The third kappa shape index (κ3) is 4.64. The number of piperidine rings is 1. The summed E-state index contributed by atoms with van der Waals surface area (Å²) in [6, 6.07) is 0.471. The van der Waals surface area contributed by atoms with E-state index in [1.54, 1.807) is 0 Å². The first-order valence-corrected chi connectivity index (χ1v) is 6.87. The third-order valence-electron chi connectivity index (χ3n) is 3.57. The van der Waals surface area contributed by atoms with Crippen molar-refractivity contribution in [3.8, 4) is 0 Å². The molecule has 1 saturated heterocycles. The monoisotopic (exact) mass is 241 g/mol. The van der Waals surface area contributed by atoms with E-state index in [1.807, 2.05) is 7.05 Å². The molecule has 0 aromatic carbocycles. The molecule has 0 saturated carbocycles. The zero-order chi connectivity index (χ0) is 12.7. The molecule has 4 nitrogen and oxygen atoms in total. The Bertz CT molecular complexity index is 233. The van der Waals surface area contributed by atoms with E-state index in [9.17, 15) is 4.79 Å². The number of carbonyl (C=O) groups is 1. The summed E-state index contributed by atoms with van der Waals surface area (Å²) in [5.74, 6) is 0.288. The second-order valence-electron chi connectivity index (χ2n) is 5.02. The summed E-state index contributed by atoms with van der Waals surface area (Å²) in [6.45, 7) is 5.26. The van der Waals surface area contributed by atoms with Crippen LogP contribution in [0.3, 0.4) is 0 Å². The Balaban J connectivity index is 2.39. The van der Waals surface area contributed by atoms with Gasteiger partial charge in [0, 0.05) is 12.6 Å². The summed E-state index contributed by atoms with van der Waals surface area (Å²) in [6.07, 6.45) is 5.65. The van der Waals surface area contributed by atoms with Crippen LogP contribution in [0.15, 0.2) is 0 Å². The Morgan fingerprint density at radius 1 is 1.47 bits per heavy atom. The number of likely N-dealkylation sites (tertiary alicyclic amines) is 1. The first kappa shape index (κ1) is 14.5. The molecule has 0 radical (unpaired) electrons. The normalized spacial score (nSPS) is 20.9. The van der Waals surface area contributed by atoms with Gasteiger partial charge in [-0.2, -0.15) is 0 Å². The molecule has 0 spiro atoms. The molecule has 1 aliphatic heterocycles. The van der Waals surface area contributed by atoms with Crippen LogP contribution < -0.4 is 5.73 Å². The summed E-state index contributed by atoms with van der Waals surface area (Å²) in [4.78, 5) is 16.4. The maximum Gasteiger partial charge on any atom is 0.236 e. The molecule has 1 amide bonds. The highest BCUT2D eigenvalue weighted by atomic mass is 16.2. The van der Waals surface area contributed by atoms with Gasteiger partial charge in [-0.15, -0.1) is 0 Å². The number of likely N-dealkylation sites (N-methyl/N-ethyl adjacent to an activating group) is 1. The van der Waals surface area contributed by atoms with Crippen molar-refractivity contribution in [2.24, 2.45) is 5.73 Å². The van der Waals surface area contributed by atoms with Gasteiger partial charge in [-0.05, 0) is 52.2 Å². The van der Waals surface area contributed by atoms with Crippen molar-refractivity contribution in [3.05, 3.63) is 0 Å². The molecule has 1 atom stereocenters. The van der Waals surface area contributed by atoms with Gasteiger partial charge in [-0.3, -0.25) is 9.69 Å². The van der Waals surface area contributed by atoms with Crippen molar-refractivity contribution in [2.75, 3.05) is 33.2 Å². The van der Waals surface area contributed by atoms with Crippen LogP contribution in [-0.4, -0.2) is 55.0 Å². The van der Waals surface area contributed by atoms with E-state index < -0.39 is 0 Å². The zero-order valence-corrected chi connectivity index (χ0v) is 11.3. The van der Waals surface area contributed by atoms with Crippen molar-refractivity contribution < 1.29 is 4.79 Å². The SMILES string of the molecule is CCC1CCCCN1C(=O)CN(C)CCCN. The van der Waals surface area contributed by atoms with Crippen LogP contribution >= 0.6 is 0 Å². The molecule has 4 heteroatoms. The quantitative estimate of drug-likeness (QED) is 0.756. The number of hydrogen-bond acceptors (Lipinski definition) is 3. The number of rotatable bonds is 6. The molecule has 0 aromatic rings. The summed E-state index contributed by atoms with van der Waals surface area (Å²) in [5, 5.41) is 0. The molecule has 1 heterocycles. The Hall–Kier alpha value is -0.610. The van der Waals surface area contributed by atoms with Crippen LogP contribution in [0, 0.1) is 0 Å². The van der Waals surface area contributed by atoms with Crippen LogP contribution in [-0.2, 0) is 4.79 Å². The highest BCUT2D eigenvalue weighted by Crippen LogP contribution is 2.19. The molecule has 1 fully saturated rings. The second-order valence-corrected chi connectivity index (χ2v) is 5.02. The molecule has 1 aliphatic rings. The predicted octanol–water partition coefficient (Wildman–Crippen LogP) is 1.06. The molecule has 100 valence electrons. The van der Waals surface area contributed by atoms with Crippen LogP contribution in [0.1, 0.15) is 39.0 Å². The van der Waals surface area contributed by atoms with Crippen LogP contribution in [0.5, 0.6) is 0 Å².